The van der Waals surface area contributed by atoms with Crippen LogP contribution in [0, 0.1) is 0 Å². The molecule has 0 amide bonds. The fourth-order valence-corrected chi connectivity index (χ4v) is 1.86. The highest BCUT2D eigenvalue weighted by Crippen LogP contribution is 2.37. The first kappa shape index (κ1) is 8.24. The van der Waals surface area contributed by atoms with Crippen LogP contribution in [-0.4, -0.2) is 5.11 Å². The minimum atomic E-state index is 0.0501. The second kappa shape index (κ2) is 2.70. The van der Waals surface area contributed by atoms with Gasteiger partial charge in [-0.2, -0.15) is 0 Å². The van der Waals surface area contributed by atoms with Crippen LogP contribution in [0.2, 0.25) is 0 Å². The molecule has 3 aromatic carbocycles. The van der Waals surface area contributed by atoms with Crippen molar-refractivity contribution >= 4 is 10.8 Å². The van der Waals surface area contributed by atoms with Crippen LogP contribution >= 0.6 is 0 Å². The van der Waals surface area contributed by atoms with E-state index in [-0.39, 0.29) is 11.2 Å². The van der Waals surface area contributed by atoms with Gasteiger partial charge in [-0.15, -0.1) is 0 Å². The zero-order chi connectivity index (χ0) is 10.4. The Hall–Kier alpha value is -2.09. The van der Waals surface area contributed by atoms with Crippen LogP contribution in [0.1, 0.15) is 0 Å². The van der Waals surface area contributed by atoms with Gasteiger partial charge in [0.2, 0.25) is 0 Å². The number of fused-ring (bicyclic) bond motifs is 1. The van der Waals surface area contributed by atoms with Gasteiger partial charge in [0.25, 0.3) is 0 Å². The maximum atomic E-state index is 11.4. The lowest BCUT2D eigenvalue weighted by Gasteiger charge is -2.01. The van der Waals surface area contributed by atoms with Crippen LogP contribution in [0.4, 0.5) is 0 Å². The lowest BCUT2D eigenvalue weighted by atomic mass is 10.0. The van der Waals surface area contributed by atoms with Crippen molar-refractivity contribution in [1.82, 2.24) is 0 Å². The smallest absolute Gasteiger partial charge is 0.195 e. The maximum absolute atomic E-state index is 11.4. The summed E-state index contributed by atoms with van der Waals surface area (Å²) in [5.74, 6) is 0.172. The number of aromatic hydroxyl groups is 1. The van der Waals surface area contributed by atoms with Crippen LogP contribution in [0.3, 0.4) is 0 Å². The third-order valence-electron chi connectivity index (χ3n) is 2.65. The molecule has 0 unspecified atom stereocenters. The third-order valence-corrected chi connectivity index (χ3v) is 2.65. The van der Waals surface area contributed by atoms with Crippen molar-refractivity contribution in [1.29, 1.82) is 0 Å². The van der Waals surface area contributed by atoms with Gasteiger partial charge in [0, 0.05) is 16.3 Å². The second-order valence-corrected chi connectivity index (χ2v) is 3.58. The summed E-state index contributed by atoms with van der Waals surface area (Å²) >= 11 is 0. The number of phenolic OH excluding ortho intramolecular Hbond substituents is 1. The highest BCUT2D eigenvalue weighted by molar-refractivity contribution is 6.09. The van der Waals surface area contributed by atoms with Gasteiger partial charge in [0.05, 0.1) is 0 Å². The Morgan fingerprint density at radius 2 is 1.67 bits per heavy atom. The van der Waals surface area contributed by atoms with E-state index in [1.165, 1.54) is 0 Å². The molecule has 0 radical (unpaired) electrons. The second-order valence-electron chi connectivity index (χ2n) is 3.58. The summed E-state index contributed by atoms with van der Waals surface area (Å²) in [6, 6.07) is 12.7. The van der Waals surface area contributed by atoms with Crippen molar-refractivity contribution in [2.75, 3.05) is 0 Å². The Morgan fingerprint density at radius 3 is 2.40 bits per heavy atom. The number of phenols is 1. The molecule has 0 bridgehead atoms. The molecule has 1 N–H and O–H groups in total. The van der Waals surface area contributed by atoms with Gasteiger partial charge >= 0.3 is 0 Å². The summed E-state index contributed by atoms with van der Waals surface area (Å²) in [5.41, 5.74) is 1.60. The molecule has 0 spiro atoms. The van der Waals surface area contributed by atoms with E-state index in [9.17, 15) is 9.90 Å². The minimum Gasteiger partial charge on any atom is -0.507 e. The summed E-state index contributed by atoms with van der Waals surface area (Å²) in [5, 5.41) is 11.1. The Kier molecular flexibility index (Phi) is 1.48. The molecule has 0 aliphatic heterocycles. The predicted molar refractivity (Wildman–Crippen MR) is 59.7 cm³/mol. The van der Waals surface area contributed by atoms with E-state index in [0.29, 0.717) is 10.9 Å². The van der Waals surface area contributed by atoms with Gasteiger partial charge in [-0.1, -0.05) is 30.3 Å². The summed E-state index contributed by atoms with van der Waals surface area (Å²) < 4.78 is 0. The topological polar surface area (TPSA) is 37.3 Å². The van der Waals surface area contributed by atoms with Crippen molar-refractivity contribution in [3.63, 3.8) is 0 Å². The van der Waals surface area contributed by atoms with Gasteiger partial charge in [0.1, 0.15) is 5.75 Å². The fourth-order valence-electron chi connectivity index (χ4n) is 1.86. The zero-order valence-electron chi connectivity index (χ0n) is 7.90. The highest BCUT2D eigenvalue weighted by Gasteiger charge is 2.20. The quantitative estimate of drug-likeness (QED) is 0.649. The average molecular weight is 196 g/mol. The molecule has 3 rings (SSSR count). The molecule has 0 aromatic heterocycles. The first-order valence-corrected chi connectivity index (χ1v) is 4.75. The van der Waals surface area contributed by atoms with Crippen molar-refractivity contribution in [3.8, 4) is 16.9 Å². The fraction of sp³-hybridized carbons (Fsp3) is 0. The van der Waals surface area contributed by atoms with Crippen molar-refractivity contribution in [3.05, 3.63) is 52.7 Å². The molecule has 3 aromatic rings. The molecule has 0 fully saturated rings. The molecule has 0 saturated heterocycles. The van der Waals surface area contributed by atoms with E-state index in [2.05, 4.69) is 0 Å². The summed E-state index contributed by atoms with van der Waals surface area (Å²) in [7, 11) is 0. The Bertz CT molecular complexity index is 644. The van der Waals surface area contributed by atoms with E-state index < -0.39 is 0 Å². The normalized spacial score (nSPS) is 11.2. The molecule has 0 saturated carbocycles. The number of benzene rings is 2. The van der Waals surface area contributed by atoms with Crippen molar-refractivity contribution < 1.29 is 5.11 Å². The van der Waals surface area contributed by atoms with Crippen molar-refractivity contribution in [2.24, 2.45) is 0 Å². The molecule has 0 aliphatic carbocycles. The number of rotatable bonds is 1. The molecular weight excluding hydrogens is 188 g/mol. The number of hydrogen-bond donors (Lipinski definition) is 1. The average Bonchev–Trinajstić information content (AvgIpc) is 2.91. The van der Waals surface area contributed by atoms with Crippen LogP contribution in [0.15, 0.2) is 47.3 Å². The molecule has 0 aliphatic rings. The maximum Gasteiger partial charge on any atom is 0.195 e. The summed E-state index contributed by atoms with van der Waals surface area (Å²) in [6.45, 7) is 0. The lowest BCUT2D eigenvalue weighted by Crippen LogP contribution is -1.78. The first-order chi connectivity index (χ1) is 7.29. The Morgan fingerprint density at radius 1 is 0.933 bits per heavy atom. The van der Waals surface area contributed by atoms with E-state index in [1.54, 1.807) is 12.1 Å². The largest absolute Gasteiger partial charge is 0.507 e. The monoisotopic (exact) mass is 196 g/mol. The van der Waals surface area contributed by atoms with Gasteiger partial charge in [-0.25, -0.2) is 0 Å². The molecular formula is C13H8O2. The van der Waals surface area contributed by atoms with Gasteiger partial charge < -0.3 is 5.11 Å². The van der Waals surface area contributed by atoms with Gasteiger partial charge in [-0.3, -0.25) is 4.79 Å². The Balaban J connectivity index is 2.35. The van der Waals surface area contributed by atoms with E-state index in [0.717, 1.165) is 10.9 Å². The standard InChI is InChI=1S/C13H8O2/c14-10-7-6-9-12(13(9)15)11(10)8-4-2-1-3-5-8/h1-7,14H. The Labute approximate surface area is 86.1 Å². The summed E-state index contributed by atoms with van der Waals surface area (Å²) in [6.07, 6.45) is 0. The lowest BCUT2D eigenvalue weighted by molar-refractivity contribution is 0.478. The first-order valence-electron chi connectivity index (χ1n) is 4.75. The summed E-state index contributed by atoms with van der Waals surface area (Å²) in [4.78, 5) is 11.4. The SMILES string of the molecule is O=c1c2ccc(O)c(-c3ccccc3)c12. The van der Waals surface area contributed by atoms with E-state index >= 15 is 0 Å². The molecule has 2 nitrogen and oxygen atoms in total. The number of hydrogen-bond acceptors (Lipinski definition) is 2. The highest BCUT2D eigenvalue weighted by atomic mass is 16.3. The van der Waals surface area contributed by atoms with Crippen LogP contribution in [-0.2, 0) is 0 Å². The van der Waals surface area contributed by atoms with Crippen LogP contribution in [0.25, 0.3) is 21.9 Å². The molecule has 72 valence electrons. The molecule has 0 atom stereocenters. The van der Waals surface area contributed by atoms with E-state index in [4.69, 9.17) is 0 Å². The van der Waals surface area contributed by atoms with Gasteiger partial charge in [0.15, 0.2) is 5.43 Å². The van der Waals surface area contributed by atoms with Crippen LogP contribution < -0.4 is 5.43 Å². The molecule has 0 heterocycles. The van der Waals surface area contributed by atoms with Crippen molar-refractivity contribution in [2.45, 2.75) is 0 Å². The van der Waals surface area contributed by atoms with Crippen LogP contribution in [0.5, 0.6) is 5.75 Å². The predicted octanol–water partition coefficient (Wildman–Crippen LogP) is 2.45. The minimum absolute atomic E-state index is 0.0501. The molecule has 2 heteroatoms. The van der Waals surface area contributed by atoms with Gasteiger partial charge in [-0.05, 0) is 17.7 Å². The third kappa shape index (κ3) is 1.08. The molecule has 15 heavy (non-hydrogen) atoms. The van der Waals surface area contributed by atoms with E-state index in [1.807, 2.05) is 30.3 Å². The zero-order valence-corrected chi connectivity index (χ0v) is 7.90.